The average Bonchev–Trinajstić information content (AvgIpc) is 2.62. The van der Waals surface area contributed by atoms with Gasteiger partial charge in [0.15, 0.2) is 0 Å². The van der Waals surface area contributed by atoms with Crippen molar-refractivity contribution in [1.82, 2.24) is 0 Å². The molecule has 0 aromatic heterocycles. The van der Waals surface area contributed by atoms with E-state index in [9.17, 15) is 28.2 Å². The van der Waals surface area contributed by atoms with E-state index in [2.05, 4.69) is 6.92 Å². The van der Waals surface area contributed by atoms with E-state index >= 15 is 0 Å². The van der Waals surface area contributed by atoms with Crippen molar-refractivity contribution in [2.45, 2.75) is 103 Å². The minimum atomic E-state index is -4.12. The molecule has 31 heavy (non-hydrogen) atoms. The molecule has 0 spiro atoms. The van der Waals surface area contributed by atoms with Crippen molar-refractivity contribution in [3.63, 3.8) is 0 Å². The number of hydrogen-bond acceptors (Lipinski definition) is 6. The molecule has 0 aliphatic rings. The second-order valence-electron chi connectivity index (χ2n) is 7.56. The van der Waals surface area contributed by atoms with Gasteiger partial charge < -0.3 is 19.8 Å². The fourth-order valence-electron chi connectivity index (χ4n) is 3.30. The number of carboxylic acid groups (broad SMARTS) is 2. The first-order valence-electron chi connectivity index (χ1n) is 10.8. The summed E-state index contributed by atoms with van der Waals surface area (Å²) in [7, 11) is -4.12. The molecule has 0 radical (unpaired) electrons. The third kappa shape index (κ3) is 22.2. The van der Waals surface area contributed by atoms with Crippen LogP contribution in [-0.2, 0) is 19.7 Å². The molecule has 1 N–H and O–H groups in total. The monoisotopic (exact) mass is 478 g/mol. The van der Waals surface area contributed by atoms with E-state index in [-0.39, 0.29) is 95.9 Å². The molecule has 0 unspecified atom stereocenters. The number of rotatable bonds is 19. The van der Waals surface area contributed by atoms with Crippen LogP contribution in [0.3, 0.4) is 0 Å². The topological polar surface area (TPSA) is 135 Å². The SMILES string of the molecule is CCCCCCCCCCCCC/C(C(=O)[O-])=C(\CCCCS(=O)(=O)O)C(=O)[O-].[Na+].[Na+]. The normalized spacial score (nSPS) is 11.8. The van der Waals surface area contributed by atoms with E-state index in [1.54, 1.807) is 0 Å². The summed E-state index contributed by atoms with van der Waals surface area (Å²) >= 11 is 0. The van der Waals surface area contributed by atoms with E-state index in [4.69, 9.17) is 4.55 Å². The zero-order valence-electron chi connectivity index (χ0n) is 19.6. The van der Waals surface area contributed by atoms with E-state index < -0.39 is 27.8 Å². The van der Waals surface area contributed by atoms with Gasteiger partial charge in [-0.1, -0.05) is 71.1 Å². The summed E-state index contributed by atoms with van der Waals surface area (Å²) in [5, 5.41) is 22.7. The maximum Gasteiger partial charge on any atom is 1.00 e. The van der Waals surface area contributed by atoms with Crippen LogP contribution >= 0.6 is 0 Å². The molecule has 0 aliphatic heterocycles. The molecule has 0 saturated heterocycles. The summed E-state index contributed by atoms with van der Waals surface area (Å²) in [5.74, 6) is -3.59. The number of carboxylic acids is 2. The van der Waals surface area contributed by atoms with Gasteiger partial charge in [0.25, 0.3) is 10.1 Å². The summed E-state index contributed by atoms with van der Waals surface area (Å²) < 4.78 is 30.1. The van der Waals surface area contributed by atoms with Crippen LogP contribution in [0.4, 0.5) is 0 Å². The molecule has 0 aromatic rings. The predicted molar refractivity (Wildman–Crippen MR) is 108 cm³/mol. The van der Waals surface area contributed by atoms with Crippen LogP contribution < -0.4 is 69.3 Å². The average molecular weight is 479 g/mol. The summed E-state index contributed by atoms with van der Waals surface area (Å²) in [6.45, 7) is 2.20. The fraction of sp³-hybridized carbons (Fsp3) is 0.810. The maximum absolute atomic E-state index is 11.4. The van der Waals surface area contributed by atoms with Gasteiger partial charge in [0.1, 0.15) is 0 Å². The number of carbonyl (C=O) groups is 2. The van der Waals surface area contributed by atoms with Crippen molar-refractivity contribution in [2.75, 3.05) is 5.75 Å². The summed E-state index contributed by atoms with van der Waals surface area (Å²) in [6, 6.07) is 0. The van der Waals surface area contributed by atoms with E-state index in [0.717, 1.165) is 25.7 Å². The van der Waals surface area contributed by atoms with Gasteiger partial charge in [-0.05, 0) is 43.3 Å². The van der Waals surface area contributed by atoms with E-state index in [0.29, 0.717) is 6.42 Å². The van der Waals surface area contributed by atoms with Crippen LogP contribution in [0, 0.1) is 0 Å². The van der Waals surface area contributed by atoms with E-state index in [1.165, 1.54) is 38.5 Å². The Labute approximate surface area is 232 Å². The van der Waals surface area contributed by atoms with Crippen molar-refractivity contribution in [2.24, 2.45) is 0 Å². The van der Waals surface area contributed by atoms with Crippen LogP contribution in [0.5, 0.6) is 0 Å². The Morgan fingerprint density at radius 3 is 1.29 bits per heavy atom. The summed E-state index contributed by atoms with van der Waals surface area (Å²) in [4.78, 5) is 22.7. The molecule has 170 valence electrons. The van der Waals surface area contributed by atoms with Crippen molar-refractivity contribution < 1.29 is 91.9 Å². The second-order valence-corrected chi connectivity index (χ2v) is 9.13. The first kappa shape index (κ1) is 36.2. The number of carbonyl (C=O) groups excluding carboxylic acids is 2. The van der Waals surface area contributed by atoms with Crippen LogP contribution in [-0.4, -0.2) is 30.7 Å². The molecule has 0 heterocycles. The molecule has 0 rings (SSSR count). The predicted octanol–water partition coefficient (Wildman–Crippen LogP) is -3.45. The van der Waals surface area contributed by atoms with Crippen molar-refractivity contribution >= 4 is 22.1 Å². The Hall–Kier alpha value is 0.590. The molecule has 0 bridgehead atoms. The van der Waals surface area contributed by atoms with E-state index in [1.807, 2.05) is 0 Å². The largest absolute Gasteiger partial charge is 1.00 e. The van der Waals surface area contributed by atoms with Crippen molar-refractivity contribution in [1.29, 1.82) is 0 Å². The second kappa shape index (κ2) is 22.4. The standard InChI is InChI=1S/C21H38O7S.2Na/c1-2-3-4-5-6-7-8-9-10-11-12-15-18(20(22)23)19(21(24)25)16-13-14-17-29(26,27)28;;/h2-17H2,1H3,(H,22,23)(H,24,25)(H,26,27,28);;/q;2*+1/p-2/b19-18-;;. The minimum Gasteiger partial charge on any atom is -0.545 e. The van der Waals surface area contributed by atoms with Crippen molar-refractivity contribution in [3.8, 4) is 0 Å². The number of unbranched alkanes of at least 4 members (excludes halogenated alkanes) is 11. The number of hydrogen-bond donors (Lipinski definition) is 1. The molecular formula is C21H36Na2O7S. The van der Waals surface area contributed by atoms with Crippen LogP contribution in [0.15, 0.2) is 11.1 Å². The van der Waals surface area contributed by atoms with Crippen molar-refractivity contribution in [3.05, 3.63) is 11.1 Å². The van der Waals surface area contributed by atoms with Gasteiger partial charge in [0.2, 0.25) is 0 Å². The maximum atomic E-state index is 11.4. The Kier molecular flexibility index (Phi) is 26.1. The van der Waals surface area contributed by atoms with Crippen LogP contribution in [0.1, 0.15) is 103 Å². The van der Waals surface area contributed by atoms with Gasteiger partial charge in [-0.25, -0.2) is 0 Å². The van der Waals surface area contributed by atoms with Gasteiger partial charge in [-0.3, -0.25) is 4.55 Å². The third-order valence-corrected chi connectivity index (χ3v) is 5.77. The van der Waals surface area contributed by atoms with Crippen LogP contribution in [0.2, 0.25) is 0 Å². The third-order valence-electron chi connectivity index (χ3n) is 4.97. The van der Waals surface area contributed by atoms with Gasteiger partial charge in [-0.2, -0.15) is 8.42 Å². The summed E-state index contributed by atoms with van der Waals surface area (Å²) in [5.41, 5.74) is -0.611. The Balaban J connectivity index is -0.00000392. The minimum absolute atomic E-state index is 0. The molecule has 0 aliphatic carbocycles. The number of aliphatic carboxylic acids is 2. The quantitative estimate of drug-likeness (QED) is 0.0883. The molecule has 0 atom stereocenters. The molecule has 0 saturated carbocycles. The summed E-state index contributed by atoms with van der Waals surface area (Å²) in [6.07, 6.45) is 12.3. The Morgan fingerprint density at radius 2 is 0.968 bits per heavy atom. The molecule has 0 aromatic carbocycles. The molecule has 7 nitrogen and oxygen atoms in total. The zero-order valence-corrected chi connectivity index (χ0v) is 24.4. The van der Waals surface area contributed by atoms with Gasteiger partial charge in [0.05, 0.1) is 17.7 Å². The van der Waals surface area contributed by atoms with Gasteiger partial charge >= 0.3 is 59.1 Å². The first-order valence-corrected chi connectivity index (χ1v) is 12.4. The molecule has 0 amide bonds. The fourth-order valence-corrected chi connectivity index (χ4v) is 3.87. The zero-order chi connectivity index (χ0) is 22.1. The van der Waals surface area contributed by atoms with Gasteiger partial charge in [-0.15, -0.1) is 0 Å². The van der Waals surface area contributed by atoms with Crippen LogP contribution in [0.25, 0.3) is 0 Å². The molecule has 0 fully saturated rings. The molecular weight excluding hydrogens is 442 g/mol. The smallest absolute Gasteiger partial charge is 0.545 e. The van der Waals surface area contributed by atoms with Gasteiger partial charge in [0, 0.05) is 0 Å². The Morgan fingerprint density at radius 1 is 0.645 bits per heavy atom. The molecule has 10 heteroatoms. The first-order chi connectivity index (χ1) is 13.7. The Bertz CT molecular complexity index is 619.